The van der Waals surface area contributed by atoms with Crippen molar-refractivity contribution in [1.29, 1.82) is 0 Å². The molecule has 1 unspecified atom stereocenters. The number of carbonyl (C=O) groups excluding carboxylic acids is 1. The molecule has 0 aliphatic carbocycles. The predicted molar refractivity (Wildman–Crippen MR) is 113 cm³/mol. The van der Waals surface area contributed by atoms with Crippen LogP contribution in [0.15, 0.2) is 54.7 Å². The van der Waals surface area contributed by atoms with Gasteiger partial charge in [-0.1, -0.05) is 43.7 Å². The first-order valence-corrected chi connectivity index (χ1v) is 9.57. The topological polar surface area (TPSA) is 84.2 Å². The van der Waals surface area contributed by atoms with E-state index >= 15 is 0 Å². The van der Waals surface area contributed by atoms with Crippen molar-refractivity contribution in [3.05, 3.63) is 77.1 Å². The van der Waals surface area contributed by atoms with Gasteiger partial charge in [0.15, 0.2) is 0 Å². The summed E-state index contributed by atoms with van der Waals surface area (Å²) >= 11 is 0. The fourth-order valence-electron chi connectivity index (χ4n) is 3.18. The van der Waals surface area contributed by atoms with E-state index in [0.29, 0.717) is 16.8 Å². The zero-order valence-corrected chi connectivity index (χ0v) is 17.0. The minimum absolute atomic E-state index is 0.0957. The fourth-order valence-corrected chi connectivity index (χ4v) is 3.18. The summed E-state index contributed by atoms with van der Waals surface area (Å²) in [4.78, 5) is 24.0. The molecule has 29 heavy (non-hydrogen) atoms. The van der Waals surface area contributed by atoms with Crippen LogP contribution in [0.4, 0.5) is 5.69 Å². The van der Waals surface area contributed by atoms with Crippen LogP contribution in [0, 0.1) is 6.92 Å². The van der Waals surface area contributed by atoms with Crippen molar-refractivity contribution in [1.82, 2.24) is 9.78 Å². The Morgan fingerprint density at radius 2 is 1.62 bits per heavy atom. The Morgan fingerprint density at radius 3 is 2.17 bits per heavy atom. The van der Waals surface area contributed by atoms with Crippen LogP contribution in [0.1, 0.15) is 59.8 Å². The van der Waals surface area contributed by atoms with Crippen LogP contribution in [-0.4, -0.2) is 26.8 Å². The van der Waals surface area contributed by atoms with Crippen LogP contribution < -0.4 is 5.32 Å². The zero-order valence-electron chi connectivity index (χ0n) is 17.0. The van der Waals surface area contributed by atoms with Crippen LogP contribution in [0.5, 0.6) is 0 Å². The standard InChI is InChI=1S/C23H25N3O3/c1-14(2)21-20(13-24-26(21)19-11-5-15(3)6-12-19)22(27)25-18-9-7-17(8-10-18)16(4)23(28)29/h5-14,16H,1-4H3,(H,25,27)(H,28,29). The molecule has 1 heterocycles. The average Bonchev–Trinajstić information content (AvgIpc) is 3.14. The molecule has 0 bridgehead atoms. The Kier molecular flexibility index (Phi) is 5.82. The third kappa shape index (κ3) is 4.37. The summed E-state index contributed by atoms with van der Waals surface area (Å²) < 4.78 is 1.80. The van der Waals surface area contributed by atoms with Gasteiger partial charge in [-0.15, -0.1) is 0 Å². The lowest BCUT2D eigenvalue weighted by Gasteiger charge is -2.13. The molecule has 2 aromatic carbocycles. The van der Waals surface area contributed by atoms with Gasteiger partial charge < -0.3 is 10.4 Å². The van der Waals surface area contributed by atoms with Crippen LogP contribution in [0.3, 0.4) is 0 Å². The number of aliphatic carboxylic acids is 1. The minimum atomic E-state index is -0.883. The smallest absolute Gasteiger partial charge is 0.310 e. The number of anilines is 1. The number of carboxylic acid groups (broad SMARTS) is 1. The first kappa shape index (κ1) is 20.3. The summed E-state index contributed by atoms with van der Waals surface area (Å²) in [6.45, 7) is 7.71. The quantitative estimate of drug-likeness (QED) is 0.635. The molecule has 150 valence electrons. The Morgan fingerprint density at radius 1 is 1.00 bits per heavy atom. The molecule has 0 radical (unpaired) electrons. The third-order valence-electron chi connectivity index (χ3n) is 4.92. The second-order valence-electron chi connectivity index (χ2n) is 7.48. The Hall–Kier alpha value is -3.41. The van der Waals surface area contributed by atoms with E-state index in [1.54, 1.807) is 42.1 Å². The number of carbonyl (C=O) groups is 2. The van der Waals surface area contributed by atoms with E-state index in [1.165, 1.54) is 0 Å². The van der Waals surface area contributed by atoms with Crippen LogP contribution >= 0.6 is 0 Å². The van der Waals surface area contributed by atoms with Gasteiger partial charge in [0.2, 0.25) is 0 Å². The molecule has 0 saturated carbocycles. The maximum Gasteiger partial charge on any atom is 0.310 e. The van der Waals surface area contributed by atoms with Crippen molar-refractivity contribution in [3.63, 3.8) is 0 Å². The number of aromatic nitrogens is 2. The van der Waals surface area contributed by atoms with Crippen LogP contribution in [0.25, 0.3) is 5.69 Å². The fraction of sp³-hybridized carbons (Fsp3) is 0.261. The highest BCUT2D eigenvalue weighted by atomic mass is 16.4. The highest BCUT2D eigenvalue weighted by Gasteiger charge is 2.21. The molecule has 0 saturated heterocycles. The summed E-state index contributed by atoms with van der Waals surface area (Å²) in [6.07, 6.45) is 1.59. The van der Waals surface area contributed by atoms with E-state index in [4.69, 9.17) is 5.11 Å². The van der Waals surface area contributed by atoms with Crippen molar-refractivity contribution in [2.45, 2.75) is 39.5 Å². The van der Waals surface area contributed by atoms with Crippen molar-refractivity contribution < 1.29 is 14.7 Å². The molecule has 0 fully saturated rings. The number of hydrogen-bond donors (Lipinski definition) is 2. The van der Waals surface area contributed by atoms with Crippen molar-refractivity contribution in [3.8, 4) is 5.69 Å². The molecule has 1 aromatic heterocycles. The van der Waals surface area contributed by atoms with Crippen LogP contribution in [0.2, 0.25) is 0 Å². The SMILES string of the molecule is Cc1ccc(-n2ncc(C(=O)Nc3ccc(C(C)C(=O)O)cc3)c2C(C)C)cc1. The summed E-state index contributed by atoms with van der Waals surface area (Å²) in [5, 5.41) is 16.4. The summed E-state index contributed by atoms with van der Waals surface area (Å²) in [7, 11) is 0. The molecule has 0 aliphatic heterocycles. The molecule has 6 heteroatoms. The second kappa shape index (κ2) is 8.31. The molecule has 0 aliphatic rings. The molecule has 6 nitrogen and oxygen atoms in total. The number of carboxylic acids is 1. The number of amides is 1. The molecular weight excluding hydrogens is 366 g/mol. The van der Waals surface area contributed by atoms with Crippen molar-refractivity contribution in [2.24, 2.45) is 0 Å². The predicted octanol–water partition coefficient (Wildman–Crippen LogP) is 4.74. The number of nitrogens with one attached hydrogen (secondary N) is 1. The van der Waals surface area contributed by atoms with E-state index in [-0.39, 0.29) is 11.8 Å². The monoisotopic (exact) mass is 391 g/mol. The lowest BCUT2D eigenvalue weighted by atomic mass is 10.0. The van der Waals surface area contributed by atoms with E-state index < -0.39 is 11.9 Å². The van der Waals surface area contributed by atoms with Gasteiger partial charge in [-0.05, 0) is 49.6 Å². The Bertz CT molecular complexity index is 1020. The second-order valence-corrected chi connectivity index (χ2v) is 7.48. The molecular formula is C23H25N3O3. The zero-order chi connectivity index (χ0) is 21.1. The first-order valence-electron chi connectivity index (χ1n) is 9.57. The highest BCUT2D eigenvalue weighted by molar-refractivity contribution is 6.05. The Labute approximate surface area is 170 Å². The summed E-state index contributed by atoms with van der Waals surface area (Å²) in [5.74, 6) is -1.63. The average molecular weight is 391 g/mol. The number of aryl methyl sites for hydroxylation is 1. The van der Waals surface area contributed by atoms with Gasteiger partial charge in [-0.2, -0.15) is 5.10 Å². The largest absolute Gasteiger partial charge is 0.481 e. The van der Waals surface area contributed by atoms with E-state index in [9.17, 15) is 9.59 Å². The van der Waals surface area contributed by atoms with Gasteiger partial charge in [0.25, 0.3) is 5.91 Å². The van der Waals surface area contributed by atoms with Crippen molar-refractivity contribution >= 4 is 17.6 Å². The van der Waals surface area contributed by atoms with Gasteiger partial charge in [0, 0.05) is 5.69 Å². The number of hydrogen-bond acceptors (Lipinski definition) is 3. The van der Waals surface area contributed by atoms with Crippen LogP contribution in [-0.2, 0) is 4.79 Å². The molecule has 1 amide bonds. The van der Waals surface area contributed by atoms with E-state index in [2.05, 4.69) is 10.4 Å². The maximum absolute atomic E-state index is 12.9. The normalized spacial score (nSPS) is 12.0. The van der Waals surface area contributed by atoms with Crippen molar-refractivity contribution in [2.75, 3.05) is 5.32 Å². The Balaban J connectivity index is 1.86. The van der Waals surface area contributed by atoms with Gasteiger partial charge in [0.05, 0.1) is 29.1 Å². The molecule has 1 atom stereocenters. The van der Waals surface area contributed by atoms with Gasteiger partial charge in [-0.25, -0.2) is 4.68 Å². The van der Waals surface area contributed by atoms with E-state index in [1.807, 2.05) is 45.0 Å². The van der Waals surface area contributed by atoms with Gasteiger partial charge in [-0.3, -0.25) is 9.59 Å². The number of benzene rings is 2. The molecule has 2 N–H and O–H groups in total. The van der Waals surface area contributed by atoms with Gasteiger partial charge >= 0.3 is 5.97 Å². The summed E-state index contributed by atoms with van der Waals surface area (Å²) in [6, 6.07) is 14.9. The highest BCUT2D eigenvalue weighted by Crippen LogP contribution is 2.25. The third-order valence-corrected chi connectivity index (χ3v) is 4.92. The molecule has 0 spiro atoms. The van der Waals surface area contributed by atoms with Gasteiger partial charge in [0.1, 0.15) is 0 Å². The van der Waals surface area contributed by atoms with E-state index in [0.717, 1.165) is 16.9 Å². The first-order chi connectivity index (χ1) is 13.8. The maximum atomic E-state index is 12.9. The number of nitrogens with zero attached hydrogens (tertiary/aromatic N) is 2. The number of rotatable bonds is 6. The minimum Gasteiger partial charge on any atom is -0.481 e. The lowest BCUT2D eigenvalue weighted by molar-refractivity contribution is -0.138. The lowest BCUT2D eigenvalue weighted by Crippen LogP contribution is -2.15. The summed E-state index contributed by atoms with van der Waals surface area (Å²) in [5.41, 5.74) is 4.71. The molecule has 3 aromatic rings. The molecule has 3 rings (SSSR count).